The Balaban J connectivity index is 2.15. The molecule has 2 heterocycles. The van der Waals surface area contributed by atoms with Crippen LogP contribution in [0.2, 0.25) is 0 Å². The van der Waals surface area contributed by atoms with Crippen molar-refractivity contribution in [3.05, 3.63) is 17.3 Å². The molecule has 0 spiro atoms. The quantitative estimate of drug-likeness (QED) is 0.687. The zero-order chi connectivity index (χ0) is 19.3. The van der Waals surface area contributed by atoms with Crippen LogP contribution < -0.4 is 19.5 Å². The first-order valence-electron chi connectivity index (χ1n) is 6.69. The number of sulfonamides is 1. The number of rotatable bonds is 5. The molecule has 26 heavy (non-hydrogen) atoms. The summed E-state index contributed by atoms with van der Waals surface area (Å²) in [6.45, 7) is 1.53. The van der Waals surface area contributed by atoms with E-state index in [1.807, 2.05) is 0 Å². The van der Waals surface area contributed by atoms with Crippen LogP contribution in [-0.2, 0) is 14.8 Å². The van der Waals surface area contributed by atoms with Crippen molar-refractivity contribution < 1.29 is 32.2 Å². The van der Waals surface area contributed by atoms with Gasteiger partial charge in [0.2, 0.25) is 11.0 Å². The molecule has 0 aromatic carbocycles. The molecule has 0 bridgehead atoms. The summed E-state index contributed by atoms with van der Waals surface area (Å²) in [7, 11) is -1.94. The Labute approximate surface area is 151 Å². The van der Waals surface area contributed by atoms with Gasteiger partial charge in [0.25, 0.3) is 10.0 Å². The van der Waals surface area contributed by atoms with Crippen molar-refractivity contribution in [1.29, 1.82) is 0 Å². The minimum Gasteiger partial charge on any atom is -0.467 e. The average molecular weight is 403 g/mol. The van der Waals surface area contributed by atoms with Crippen molar-refractivity contribution in [2.24, 2.45) is 0 Å². The molecule has 0 atom stereocenters. The molecule has 14 heteroatoms. The Morgan fingerprint density at radius 3 is 2.58 bits per heavy atom. The maximum Gasteiger partial charge on any atom is 0.514 e. The lowest BCUT2D eigenvalue weighted by molar-refractivity contribution is 0.122. The van der Waals surface area contributed by atoms with E-state index >= 15 is 0 Å². The Bertz CT molecular complexity index is 928. The minimum atomic E-state index is -4.33. The Hall–Kier alpha value is -3.00. The predicted molar refractivity (Wildman–Crippen MR) is 87.8 cm³/mol. The van der Waals surface area contributed by atoms with Crippen LogP contribution in [0.25, 0.3) is 0 Å². The molecule has 0 aliphatic heterocycles. The summed E-state index contributed by atoms with van der Waals surface area (Å²) < 4.78 is 40.2. The standard InChI is InChI=1S/C12H13N5O7S2/c1-6-13-9(16-11(14-6)22-2)15-10(18)17-26(20,21)7-4-5-25-8(7)24-12(19)23-3/h4-5H,1-3H3,(H2,13,14,15,16,17,18). The molecular formula is C12H13N5O7S2. The summed E-state index contributed by atoms with van der Waals surface area (Å²) in [6.07, 6.45) is -1.10. The van der Waals surface area contributed by atoms with Crippen molar-refractivity contribution >= 4 is 39.5 Å². The fraction of sp³-hybridized carbons (Fsp3) is 0.250. The van der Waals surface area contributed by atoms with E-state index in [2.05, 4.69) is 25.0 Å². The summed E-state index contributed by atoms with van der Waals surface area (Å²) >= 11 is 0.835. The largest absolute Gasteiger partial charge is 0.514 e. The third kappa shape index (κ3) is 4.76. The highest BCUT2D eigenvalue weighted by molar-refractivity contribution is 7.90. The minimum absolute atomic E-state index is 0.0535. The molecule has 2 N–H and O–H groups in total. The second-order valence-electron chi connectivity index (χ2n) is 4.38. The molecular weight excluding hydrogens is 390 g/mol. The smallest absolute Gasteiger partial charge is 0.467 e. The first kappa shape index (κ1) is 19.3. The number of aromatic nitrogens is 3. The van der Waals surface area contributed by atoms with Gasteiger partial charge < -0.3 is 14.2 Å². The SMILES string of the molecule is COC(=O)Oc1sccc1S(=O)(=O)NC(=O)Nc1nc(C)nc(OC)n1. The van der Waals surface area contributed by atoms with Crippen LogP contribution in [-0.4, -0.2) is 49.8 Å². The van der Waals surface area contributed by atoms with Crippen LogP contribution in [0.1, 0.15) is 5.82 Å². The number of amides is 2. The maximum absolute atomic E-state index is 12.3. The van der Waals surface area contributed by atoms with Crippen LogP contribution >= 0.6 is 11.3 Å². The van der Waals surface area contributed by atoms with E-state index in [1.165, 1.54) is 19.4 Å². The van der Waals surface area contributed by atoms with Crippen molar-refractivity contribution in [2.45, 2.75) is 11.8 Å². The highest BCUT2D eigenvalue weighted by atomic mass is 32.2. The molecule has 0 aliphatic carbocycles. The van der Waals surface area contributed by atoms with E-state index in [0.29, 0.717) is 0 Å². The van der Waals surface area contributed by atoms with Gasteiger partial charge in [0.1, 0.15) is 10.7 Å². The van der Waals surface area contributed by atoms with E-state index < -0.39 is 27.1 Å². The Morgan fingerprint density at radius 2 is 1.92 bits per heavy atom. The lowest BCUT2D eigenvalue weighted by Crippen LogP contribution is -2.35. The second-order valence-corrected chi connectivity index (χ2v) is 6.91. The first-order valence-corrected chi connectivity index (χ1v) is 9.05. The van der Waals surface area contributed by atoms with Crippen molar-refractivity contribution in [1.82, 2.24) is 19.7 Å². The maximum atomic E-state index is 12.3. The van der Waals surface area contributed by atoms with Gasteiger partial charge in [0.15, 0.2) is 0 Å². The van der Waals surface area contributed by atoms with Crippen LogP contribution in [0.3, 0.4) is 0 Å². The molecule has 2 rings (SSSR count). The van der Waals surface area contributed by atoms with Gasteiger partial charge in [-0.2, -0.15) is 15.0 Å². The number of nitrogens with zero attached hydrogens (tertiary/aromatic N) is 3. The number of carbonyl (C=O) groups excluding carboxylic acids is 2. The Morgan fingerprint density at radius 1 is 1.19 bits per heavy atom. The number of nitrogens with one attached hydrogen (secondary N) is 2. The number of carbonyl (C=O) groups is 2. The number of hydrogen-bond acceptors (Lipinski definition) is 11. The second kappa shape index (κ2) is 7.92. The van der Waals surface area contributed by atoms with E-state index in [1.54, 1.807) is 4.72 Å². The van der Waals surface area contributed by atoms with Crippen molar-refractivity contribution in [2.75, 3.05) is 19.5 Å². The van der Waals surface area contributed by atoms with Gasteiger partial charge in [0.05, 0.1) is 14.2 Å². The van der Waals surface area contributed by atoms with Crippen molar-refractivity contribution in [3.63, 3.8) is 0 Å². The van der Waals surface area contributed by atoms with Gasteiger partial charge in [0, 0.05) is 0 Å². The van der Waals surface area contributed by atoms with E-state index in [0.717, 1.165) is 24.5 Å². The van der Waals surface area contributed by atoms with Crippen molar-refractivity contribution in [3.8, 4) is 11.1 Å². The molecule has 0 saturated carbocycles. The lowest BCUT2D eigenvalue weighted by atomic mass is 10.6. The van der Waals surface area contributed by atoms with Gasteiger partial charge in [-0.15, -0.1) is 11.3 Å². The lowest BCUT2D eigenvalue weighted by Gasteiger charge is -2.09. The van der Waals surface area contributed by atoms with Crippen LogP contribution in [0.4, 0.5) is 15.5 Å². The van der Waals surface area contributed by atoms with E-state index in [-0.39, 0.29) is 22.8 Å². The van der Waals surface area contributed by atoms with Gasteiger partial charge >= 0.3 is 18.2 Å². The van der Waals surface area contributed by atoms with Crippen LogP contribution in [0.15, 0.2) is 16.3 Å². The molecule has 0 aliphatic rings. The summed E-state index contributed by atoms with van der Waals surface area (Å²) in [4.78, 5) is 34.1. The van der Waals surface area contributed by atoms with Gasteiger partial charge in [-0.25, -0.2) is 22.7 Å². The normalized spacial score (nSPS) is 10.7. The van der Waals surface area contributed by atoms with Crippen LogP contribution in [0.5, 0.6) is 11.1 Å². The third-order valence-corrected chi connectivity index (χ3v) is 4.86. The van der Waals surface area contributed by atoms with E-state index in [4.69, 9.17) is 9.47 Å². The monoisotopic (exact) mass is 403 g/mol. The topological polar surface area (TPSA) is 159 Å². The van der Waals surface area contributed by atoms with Gasteiger partial charge in [-0.05, 0) is 18.4 Å². The summed E-state index contributed by atoms with van der Waals surface area (Å²) in [5, 5.41) is 3.26. The molecule has 0 unspecified atom stereocenters. The number of methoxy groups -OCH3 is 2. The molecule has 0 saturated heterocycles. The molecule has 0 radical (unpaired) electrons. The van der Waals surface area contributed by atoms with Gasteiger partial charge in [-0.3, -0.25) is 5.32 Å². The number of ether oxygens (including phenoxy) is 3. The number of thiophene rings is 1. The summed E-state index contributed by atoms with van der Waals surface area (Å²) in [5.41, 5.74) is 0. The highest BCUT2D eigenvalue weighted by Crippen LogP contribution is 2.30. The zero-order valence-electron chi connectivity index (χ0n) is 13.7. The molecule has 0 fully saturated rings. The number of anilines is 1. The molecule has 2 aromatic rings. The molecule has 12 nitrogen and oxygen atoms in total. The van der Waals surface area contributed by atoms with Gasteiger partial charge in [-0.1, -0.05) is 0 Å². The predicted octanol–water partition coefficient (Wildman–Crippen LogP) is 0.906. The number of aryl methyl sites for hydroxylation is 1. The number of hydrogen-bond donors (Lipinski definition) is 2. The third-order valence-electron chi connectivity index (χ3n) is 2.59. The first-order chi connectivity index (χ1) is 12.2. The summed E-state index contributed by atoms with van der Waals surface area (Å²) in [6, 6.07) is -0.0237. The fourth-order valence-corrected chi connectivity index (χ4v) is 3.68. The van der Waals surface area contributed by atoms with E-state index in [9.17, 15) is 18.0 Å². The molecule has 140 valence electrons. The molecule has 2 amide bonds. The number of urea groups is 1. The fourth-order valence-electron chi connectivity index (χ4n) is 1.58. The average Bonchev–Trinajstić information content (AvgIpc) is 3.02. The zero-order valence-corrected chi connectivity index (χ0v) is 15.3. The highest BCUT2D eigenvalue weighted by Gasteiger charge is 2.25. The summed E-state index contributed by atoms with van der Waals surface area (Å²) in [5.74, 6) is 0.0417. The van der Waals surface area contributed by atoms with Crippen LogP contribution in [0, 0.1) is 6.92 Å². The molecule has 2 aromatic heterocycles. The Kier molecular flexibility index (Phi) is 5.89.